The molecule has 0 aliphatic carbocycles. The highest BCUT2D eigenvalue weighted by Crippen LogP contribution is 2.21. The Hall–Kier alpha value is -1.56. The molecule has 0 heterocycles. The molecular weight excluding hydrogens is 228 g/mol. The SMILES string of the molecule is CC.Cc1ccc(Cc2ccccc2C(C)C)cc1. The van der Waals surface area contributed by atoms with Gasteiger partial charge in [0.2, 0.25) is 0 Å². The van der Waals surface area contributed by atoms with Gasteiger partial charge in [-0.25, -0.2) is 0 Å². The van der Waals surface area contributed by atoms with E-state index in [-0.39, 0.29) is 0 Å². The third kappa shape index (κ3) is 4.55. The van der Waals surface area contributed by atoms with Crippen molar-refractivity contribution >= 4 is 0 Å². The van der Waals surface area contributed by atoms with E-state index in [9.17, 15) is 0 Å². The van der Waals surface area contributed by atoms with Crippen LogP contribution in [0.15, 0.2) is 48.5 Å². The van der Waals surface area contributed by atoms with Crippen molar-refractivity contribution in [1.29, 1.82) is 0 Å². The number of hydrogen-bond acceptors (Lipinski definition) is 0. The van der Waals surface area contributed by atoms with Crippen molar-refractivity contribution in [2.75, 3.05) is 0 Å². The molecule has 0 aromatic heterocycles. The molecule has 0 aliphatic heterocycles. The third-order valence-corrected chi connectivity index (χ3v) is 3.19. The first-order valence-electron chi connectivity index (χ1n) is 7.30. The third-order valence-electron chi connectivity index (χ3n) is 3.19. The van der Waals surface area contributed by atoms with Crippen LogP contribution >= 0.6 is 0 Å². The zero-order valence-electron chi connectivity index (χ0n) is 12.9. The minimum absolute atomic E-state index is 0.594. The molecule has 0 N–H and O–H groups in total. The Balaban J connectivity index is 0.000000861. The van der Waals surface area contributed by atoms with E-state index in [4.69, 9.17) is 0 Å². The summed E-state index contributed by atoms with van der Waals surface area (Å²) in [6.07, 6.45) is 1.04. The topological polar surface area (TPSA) is 0 Å². The second-order valence-electron chi connectivity index (χ2n) is 5.02. The van der Waals surface area contributed by atoms with Crippen LogP contribution < -0.4 is 0 Å². The minimum Gasteiger partial charge on any atom is -0.0683 e. The van der Waals surface area contributed by atoms with Gasteiger partial charge in [-0.1, -0.05) is 81.8 Å². The molecule has 0 spiro atoms. The minimum atomic E-state index is 0.594. The molecule has 0 unspecified atom stereocenters. The van der Waals surface area contributed by atoms with Crippen molar-refractivity contribution in [2.24, 2.45) is 0 Å². The van der Waals surface area contributed by atoms with Gasteiger partial charge in [-0.2, -0.15) is 0 Å². The molecule has 0 aliphatic rings. The van der Waals surface area contributed by atoms with Crippen molar-refractivity contribution in [3.8, 4) is 0 Å². The summed E-state index contributed by atoms with van der Waals surface area (Å²) in [5.74, 6) is 0.594. The Morgan fingerprint density at radius 2 is 1.42 bits per heavy atom. The second-order valence-corrected chi connectivity index (χ2v) is 5.02. The van der Waals surface area contributed by atoms with Gasteiger partial charge >= 0.3 is 0 Å². The van der Waals surface area contributed by atoms with Crippen molar-refractivity contribution in [3.05, 3.63) is 70.8 Å². The molecule has 0 amide bonds. The number of benzene rings is 2. The Morgan fingerprint density at radius 3 is 2.00 bits per heavy atom. The average molecular weight is 254 g/mol. The fourth-order valence-electron chi connectivity index (χ4n) is 2.18. The van der Waals surface area contributed by atoms with Gasteiger partial charge in [-0.3, -0.25) is 0 Å². The van der Waals surface area contributed by atoms with E-state index in [2.05, 4.69) is 69.3 Å². The Labute approximate surface area is 118 Å². The molecule has 19 heavy (non-hydrogen) atoms. The summed E-state index contributed by atoms with van der Waals surface area (Å²) in [5.41, 5.74) is 5.63. The number of hydrogen-bond donors (Lipinski definition) is 0. The monoisotopic (exact) mass is 254 g/mol. The first-order valence-corrected chi connectivity index (χ1v) is 7.30. The molecule has 2 aromatic rings. The Morgan fingerprint density at radius 1 is 0.842 bits per heavy atom. The van der Waals surface area contributed by atoms with E-state index >= 15 is 0 Å². The van der Waals surface area contributed by atoms with Crippen LogP contribution in [0.1, 0.15) is 55.9 Å². The highest BCUT2D eigenvalue weighted by Gasteiger charge is 2.06. The van der Waals surface area contributed by atoms with Crippen molar-refractivity contribution in [1.82, 2.24) is 0 Å². The van der Waals surface area contributed by atoms with Crippen molar-refractivity contribution in [3.63, 3.8) is 0 Å². The maximum atomic E-state index is 2.26. The van der Waals surface area contributed by atoms with Crippen LogP contribution in [0.25, 0.3) is 0 Å². The smallest absolute Gasteiger partial charge is 0.00229 e. The predicted molar refractivity (Wildman–Crippen MR) is 85.9 cm³/mol. The lowest BCUT2D eigenvalue weighted by atomic mass is 9.93. The average Bonchev–Trinajstić information content (AvgIpc) is 2.44. The van der Waals surface area contributed by atoms with Crippen LogP contribution in [0.2, 0.25) is 0 Å². The van der Waals surface area contributed by atoms with E-state index in [1.165, 1.54) is 22.3 Å². The van der Waals surface area contributed by atoms with Gasteiger partial charge in [0, 0.05) is 0 Å². The maximum Gasteiger partial charge on any atom is -0.00229 e. The fraction of sp³-hybridized carbons (Fsp3) is 0.368. The molecule has 0 nitrogen and oxygen atoms in total. The highest BCUT2D eigenvalue weighted by atomic mass is 14.1. The van der Waals surface area contributed by atoms with Gasteiger partial charge in [0.1, 0.15) is 0 Å². The first-order chi connectivity index (χ1) is 9.16. The van der Waals surface area contributed by atoms with Crippen LogP contribution in [0.4, 0.5) is 0 Å². The van der Waals surface area contributed by atoms with Crippen molar-refractivity contribution in [2.45, 2.75) is 47.0 Å². The van der Waals surface area contributed by atoms with Gasteiger partial charge in [0.05, 0.1) is 0 Å². The van der Waals surface area contributed by atoms with Crippen LogP contribution in [-0.2, 0) is 6.42 Å². The summed E-state index contributed by atoms with van der Waals surface area (Å²) in [6, 6.07) is 17.6. The number of rotatable bonds is 3. The zero-order chi connectivity index (χ0) is 14.3. The van der Waals surface area contributed by atoms with E-state index in [1.54, 1.807) is 0 Å². The maximum absolute atomic E-state index is 2.26. The molecule has 2 aromatic carbocycles. The van der Waals surface area contributed by atoms with Gasteiger partial charge in [0.25, 0.3) is 0 Å². The molecular formula is C19H26. The van der Waals surface area contributed by atoms with Gasteiger partial charge < -0.3 is 0 Å². The molecule has 0 atom stereocenters. The molecule has 0 fully saturated rings. The van der Waals surface area contributed by atoms with E-state index in [1.807, 2.05) is 13.8 Å². The standard InChI is InChI=1S/C17H20.C2H6/c1-13(2)17-7-5-4-6-16(17)12-15-10-8-14(3)9-11-15;1-2/h4-11,13H,12H2,1-3H3;1-2H3. The lowest BCUT2D eigenvalue weighted by Crippen LogP contribution is -1.97. The summed E-state index contributed by atoms with van der Waals surface area (Å²) >= 11 is 0. The van der Waals surface area contributed by atoms with Gasteiger partial charge in [-0.05, 0) is 36.0 Å². The summed E-state index contributed by atoms with van der Waals surface area (Å²) in [4.78, 5) is 0. The lowest BCUT2D eigenvalue weighted by Gasteiger charge is -2.12. The van der Waals surface area contributed by atoms with E-state index < -0.39 is 0 Å². The number of aryl methyl sites for hydroxylation is 1. The summed E-state index contributed by atoms with van der Waals surface area (Å²) < 4.78 is 0. The van der Waals surface area contributed by atoms with Crippen LogP contribution in [0.3, 0.4) is 0 Å². The molecule has 0 radical (unpaired) electrons. The molecule has 0 heteroatoms. The quantitative estimate of drug-likeness (QED) is 0.655. The molecule has 2 rings (SSSR count). The molecule has 0 saturated heterocycles. The van der Waals surface area contributed by atoms with E-state index in [0.717, 1.165) is 6.42 Å². The highest BCUT2D eigenvalue weighted by molar-refractivity contribution is 5.35. The van der Waals surface area contributed by atoms with Gasteiger partial charge in [-0.15, -0.1) is 0 Å². The Kier molecular flexibility index (Phi) is 6.35. The fourth-order valence-corrected chi connectivity index (χ4v) is 2.18. The molecule has 102 valence electrons. The zero-order valence-corrected chi connectivity index (χ0v) is 12.9. The lowest BCUT2D eigenvalue weighted by molar-refractivity contribution is 0.848. The molecule has 0 saturated carbocycles. The summed E-state index contributed by atoms with van der Waals surface area (Å²) in [5, 5.41) is 0. The summed E-state index contributed by atoms with van der Waals surface area (Å²) in [6.45, 7) is 10.6. The van der Waals surface area contributed by atoms with Crippen LogP contribution in [0, 0.1) is 6.92 Å². The summed E-state index contributed by atoms with van der Waals surface area (Å²) in [7, 11) is 0. The largest absolute Gasteiger partial charge is 0.0683 e. The van der Waals surface area contributed by atoms with Crippen LogP contribution in [-0.4, -0.2) is 0 Å². The normalized spacial score (nSPS) is 10.0. The predicted octanol–water partition coefficient (Wildman–Crippen LogP) is 5.74. The van der Waals surface area contributed by atoms with Crippen molar-refractivity contribution < 1.29 is 0 Å². The second kappa shape index (κ2) is 7.78. The van der Waals surface area contributed by atoms with Gasteiger partial charge in [0.15, 0.2) is 0 Å². The first kappa shape index (κ1) is 15.5. The molecule has 0 bridgehead atoms. The van der Waals surface area contributed by atoms with Crippen LogP contribution in [0.5, 0.6) is 0 Å². The van der Waals surface area contributed by atoms with E-state index in [0.29, 0.717) is 5.92 Å². The Bertz CT molecular complexity index is 478.